The molecule has 0 unspecified atom stereocenters. The summed E-state index contributed by atoms with van der Waals surface area (Å²) in [6.07, 6.45) is 3.76. The highest BCUT2D eigenvalue weighted by atomic mass is 16.2. The molecule has 0 N–H and O–H groups in total. The number of carbonyl (C=O) groups excluding carboxylic acids is 1. The summed E-state index contributed by atoms with van der Waals surface area (Å²) in [5, 5.41) is 9.69. The van der Waals surface area contributed by atoms with Crippen molar-refractivity contribution in [1.82, 2.24) is 29.4 Å². The van der Waals surface area contributed by atoms with E-state index >= 15 is 0 Å². The Hall–Kier alpha value is -3.48. The number of aryl methyl sites for hydroxylation is 3. The maximum absolute atomic E-state index is 13.5. The van der Waals surface area contributed by atoms with Gasteiger partial charge in [-0.3, -0.25) is 14.2 Å². The molecule has 30 heavy (non-hydrogen) atoms. The SMILES string of the molecule is CCn1cc(-c2cc(C(=O)N(C)Cc3ccnn3CC)c3ccccc3n2)c(C)n1. The van der Waals surface area contributed by atoms with Crippen molar-refractivity contribution in [3.8, 4) is 11.3 Å². The smallest absolute Gasteiger partial charge is 0.254 e. The fraction of sp³-hybridized carbons (Fsp3) is 0.304. The molecule has 0 atom stereocenters. The van der Waals surface area contributed by atoms with Crippen LogP contribution in [0.1, 0.15) is 35.6 Å². The molecular formula is C23H26N6O. The largest absolute Gasteiger partial charge is 0.336 e. The zero-order chi connectivity index (χ0) is 21.3. The van der Waals surface area contributed by atoms with E-state index in [1.807, 2.05) is 72.9 Å². The van der Waals surface area contributed by atoms with Crippen LogP contribution in [-0.4, -0.2) is 42.4 Å². The number of para-hydroxylation sites is 1. The minimum absolute atomic E-state index is 0.0424. The van der Waals surface area contributed by atoms with Gasteiger partial charge < -0.3 is 4.90 Å². The van der Waals surface area contributed by atoms with E-state index in [9.17, 15) is 4.79 Å². The summed E-state index contributed by atoms with van der Waals surface area (Å²) in [4.78, 5) is 20.0. The number of hydrogen-bond donors (Lipinski definition) is 0. The Morgan fingerprint density at radius 2 is 1.93 bits per heavy atom. The molecule has 0 aliphatic heterocycles. The molecule has 1 aromatic carbocycles. The minimum Gasteiger partial charge on any atom is -0.336 e. The maximum Gasteiger partial charge on any atom is 0.254 e. The topological polar surface area (TPSA) is 68.8 Å². The Labute approximate surface area is 176 Å². The van der Waals surface area contributed by atoms with Crippen LogP contribution in [0, 0.1) is 6.92 Å². The Morgan fingerprint density at radius 3 is 2.67 bits per heavy atom. The Kier molecular flexibility index (Phi) is 5.35. The van der Waals surface area contributed by atoms with E-state index in [2.05, 4.69) is 17.1 Å². The number of aromatic nitrogens is 5. The number of rotatable bonds is 6. The van der Waals surface area contributed by atoms with Crippen molar-refractivity contribution in [2.75, 3.05) is 7.05 Å². The first-order valence-electron chi connectivity index (χ1n) is 10.2. The van der Waals surface area contributed by atoms with Gasteiger partial charge in [0, 0.05) is 43.5 Å². The van der Waals surface area contributed by atoms with Crippen LogP contribution in [0.4, 0.5) is 0 Å². The molecule has 7 nitrogen and oxygen atoms in total. The molecule has 0 saturated carbocycles. The standard InChI is InChI=1S/C23H26N6O/c1-5-28-15-20(16(3)26-28)22-13-19(18-9-7-8-10-21(18)25-22)23(30)27(4)14-17-11-12-24-29(17)6-2/h7-13,15H,5-6,14H2,1-4H3. The molecule has 0 fully saturated rings. The summed E-state index contributed by atoms with van der Waals surface area (Å²) in [5.74, 6) is -0.0424. The van der Waals surface area contributed by atoms with E-state index in [1.54, 1.807) is 11.1 Å². The van der Waals surface area contributed by atoms with Crippen LogP contribution < -0.4 is 0 Å². The average molecular weight is 403 g/mol. The number of nitrogens with zero attached hydrogens (tertiary/aromatic N) is 6. The molecule has 0 bridgehead atoms. The minimum atomic E-state index is -0.0424. The van der Waals surface area contributed by atoms with E-state index in [4.69, 9.17) is 4.98 Å². The van der Waals surface area contributed by atoms with Crippen molar-refractivity contribution in [1.29, 1.82) is 0 Å². The van der Waals surface area contributed by atoms with Gasteiger partial charge in [-0.15, -0.1) is 0 Å². The van der Waals surface area contributed by atoms with Gasteiger partial charge in [-0.2, -0.15) is 10.2 Å². The monoisotopic (exact) mass is 402 g/mol. The number of pyridine rings is 1. The Bertz CT molecular complexity index is 1210. The summed E-state index contributed by atoms with van der Waals surface area (Å²) < 4.78 is 3.80. The molecule has 4 aromatic rings. The van der Waals surface area contributed by atoms with Crippen LogP contribution in [0.25, 0.3) is 22.2 Å². The highest BCUT2D eigenvalue weighted by molar-refractivity contribution is 6.07. The lowest BCUT2D eigenvalue weighted by atomic mass is 10.0. The van der Waals surface area contributed by atoms with Crippen molar-refractivity contribution < 1.29 is 4.79 Å². The maximum atomic E-state index is 13.5. The number of benzene rings is 1. The van der Waals surface area contributed by atoms with Crippen molar-refractivity contribution in [2.45, 2.75) is 40.4 Å². The second-order valence-corrected chi connectivity index (χ2v) is 7.36. The fourth-order valence-corrected chi connectivity index (χ4v) is 3.72. The van der Waals surface area contributed by atoms with Crippen LogP contribution >= 0.6 is 0 Å². The van der Waals surface area contributed by atoms with Crippen LogP contribution in [0.5, 0.6) is 0 Å². The molecule has 1 amide bonds. The van der Waals surface area contributed by atoms with Crippen molar-refractivity contribution in [3.63, 3.8) is 0 Å². The molecule has 3 heterocycles. The second-order valence-electron chi connectivity index (χ2n) is 7.36. The third kappa shape index (κ3) is 3.58. The van der Waals surface area contributed by atoms with E-state index in [0.717, 1.165) is 46.6 Å². The lowest BCUT2D eigenvalue weighted by molar-refractivity contribution is 0.0783. The molecule has 0 aliphatic rings. The lowest BCUT2D eigenvalue weighted by Gasteiger charge is -2.19. The van der Waals surface area contributed by atoms with Gasteiger partial charge >= 0.3 is 0 Å². The predicted octanol–water partition coefficient (Wildman–Crippen LogP) is 3.92. The molecular weight excluding hydrogens is 376 g/mol. The Morgan fingerprint density at radius 1 is 1.13 bits per heavy atom. The first kappa shape index (κ1) is 19.8. The second kappa shape index (κ2) is 8.10. The van der Waals surface area contributed by atoms with Crippen LogP contribution in [0.3, 0.4) is 0 Å². The van der Waals surface area contributed by atoms with Crippen molar-refractivity contribution >= 4 is 16.8 Å². The quantitative estimate of drug-likeness (QED) is 0.490. The first-order chi connectivity index (χ1) is 14.5. The first-order valence-corrected chi connectivity index (χ1v) is 10.2. The van der Waals surface area contributed by atoms with Crippen molar-refractivity contribution in [2.24, 2.45) is 0 Å². The van der Waals surface area contributed by atoms with E-state index < -0.39 is 0 Å². The number of amides is 1. The Balaban J connectivity index is 1.77. The van der Waals surface area contributed by atoms with Crippen molar-refractivity contribution in [3.05, 3.63) is 65.7 Å². The highest BCUT2D eigenvalue weighted by Crippen LogP contribution is 2.27. The van der Waals surface area contributed by atoms with Crippen LogP contribution in [-0.2, 0) is 19.6 Å². The summed E-state index contributed by atoms with van der Waals surface area (Å²) in [6.45, 7) is 8.11. The van der Waals surface area contributed by atoms with Crippen LogP contribution in [0.2, 0.25) is 0 Å². The molecule has 3 aromatic heterocycles. The zero-order valence-corrected chi connectivity index (χ0v) is 17.8. The summed E-state index contributed by atoms with van der Waals surface area (Å²) in [6, 6.07) is 11.6. The summed E-state index contributed by atoms with van der Waals surface area (Å²) in [7, 11) is 1.82. The normalized spacial score (nSPS) is 11.2. The van der Waals surface area contributed by atoms with E-state index in [-0.39, 0.29) is 5.91 Å². The van der Waals surface area contributed by atoms with Gasteiger partial charge in [-0.1, -0.05) is 18.2 Å². The third-order valence-electron chi connectivity index (χ3n) is 5.34. The van der Waals surface area contributed by atoms with Gasteiger partial charge in [0.05, 0.1) is 34.7 Å². The molecule has 4 rings (SSSR count). The molecule has 0 radical (unpaired) electrons. The van der Waals surface area contributed by atoms with Gasteiger partial charge in [0.1, 0.15) is 0 Å². The fourth-order valence-electron chi connectivity index (χ4n) is 3.72. The van der Waals surface area contributed by atoms with E-state index in [1.165, 1.54) is 0 Å². The molecule has 7 heteroatoms. The third-order valence-corrected chi connectivity index (χ3v) is 5.34. The summed E-state index contributed by atoms with van der Waals surface area (Å²) >= 11 is 0. The lowest BCUT2D eigenvalue weighted by Crippen LogP contribution is -2.27. The average Bonchev–Trinajstić information content (AvgIpc) is 3.37. The highest BCUT2D eigenvalue weighted by Gasteiger charge is 2.20. The zero-order valence-electron chi connectivity index (χ0n) is 17.8. The van der Waals surface area contributed by atoms with Gasteiger partial charge in [-0.05, 0) is 39.0 Å². The van der Waals surface area contributed by atoms with Crippen LogP contribution in [0.15, 0.2) is 48.8 Å². The van der Waals surface area contributed by atoms with Gasteiger partial charge in [-0.25, -0.2) is 4.98 Å². The predicted molar refractivity (Wildman–Crippen MR) is 117 cm³/mol. The summed E-state index contributed by atoms with van der Waals surface area (Å²) in [5.41, 5.74) is 5.06. The van der Waals surface area contributed by atoms with E-state index in [0.29, 0.717) is 12.1 Å². The molecule has 0 saturated heterocycles. The molecule has 0 spiro atoms. The van der Waals surface area contributed by atoms with Gasteiger partial charge in [0.25, 0.3) is 5.91 Å². The molecule has 0 aliphatic carbocycles. The number of fused-ring (bicyclic) bond motifs is 1. The van der Waals surface area contributed by atoms with Gasteiger partial charge in [0.15, 0.2) is 0 Å². The number of carbonyl (C=O) groups is 1. The molecule has 154 valence electrons. The van der Waals surface area contributed by atoms with Gasteiger partial charge in [0.2, 0.25) is 0 Å². The number of hydrogen-bond acceptors (Lipinski definition) is 4.